The van der Waals surface area contributed by atoms with Gasteiger partial charge in [0.05, 0.1) is 23.1 Å². The number of likely N-dealkylation sites (tertiary alicyclic amines) is 1. The number of amides is 3. The highest BCUT2D eigenvalue weighted by Gasteiger charge is 2.31. The molecule has 1 aromatic heterocycles. The van der Waals surface area contributed by atoms with Crippen molar-refractivity contribution in [2.24, 2.45) is 5.41 Å². The van der Waals surface area contributed by atoms with Gasteiger partial charge in [-0.2, -0.15) is 5.26 Å². The van der Waals surface area contributed by atoms with E-state index in [2.05, 4.69) is 5.32 Å². The molecular formula is C30H35ClN6O4. The summed E-state index contributed by atoms with van der Waals surface area (Å²) in [6.45, 7) is 9.04. The number of rotatable bonds is 7. The van der Waals surface area contributed by atoms with Crippen LogP contribution in [0, 0.1) is 16.7 Å². The molecule has 3 aromatic rings. The van der Waals surface area contributed by atoms with Gasteiger partial charge in [0.15, 0.2) is 0 Å². The molecule has 10 nitrogen and oxygen atoms in total. The van der Waals surface area contributed by atoms with E-state index in [1.54, 1.807) is 29.2 Å². The number of hydrogen-bond donors (Lipinski definition) is 2. The number of anilines is 1. The topological polar surface area (TPSA) is 132 Å². The second-order valence-corrected chi connectivity index (χ2v) is 11.9. The Morgan fingerprint density at radius 2 is 1.93 bits per heavy atom. The maximum Gasteiger partial charge on any atom is 0.407 e. The summed E-state index contributed by atoms with van der Waals surface area (Å²) in [4.78, 5) is 45.7. The van der Waals surface area contributed by atoms with Gasteiger partial charge in [-0.1, -0.05) is 38.4 Å². The lowest BCUT2D eigenvalue weighted by molar-refractivity contribution is -0.131. The fraction of sp³-hybridized carbons (Fsp3) is 0.433. The third-order valence-electron chi connectivity index (χ3n) is 7.75. The summed E-state index contributed by atoms with van der Waals surface area (Å²) in [5.41, 5.74) is 2.29. The summed E-state index contributed by atoms with van der Waals surface area (Å²) >= 11 is 5.99. The van der Waals surface area contributed by atoms with Gasteiger partial charge < -0.3 is 19.5 Å². The van der Waals surface area contributed by atoms with E-state index in [0.29, 0.717) is 35.1 Å². The van der Waals surface area contributed by atoms with Crippen molar-refractivity contribution >= 4 is 46.5 Å². The van der Waals surface area contributed by atoms with Crippen molar-refractivity contribution in [1.82, 2.24) is 19.4 Å². The second kappa shape index (κ2) is 12.2. The predicted octanol–water partition coefficient (Wildman–Crippen LogP) is 5.93. The largest absolute Gasteiger partial charge is 0.465 e. The summed E-state index contributed by atoms with van der Waals surface area (Å²) in [5, 5.41) is 22.4. The quantitative estimate of drug-likeness (QED) is 0.357. The van der Waals surface area contributed by atoms with E-state index in [9.17, 15) is 19.5 Å². The first kappa shape index (κ1) is 29.9. The van der Waals surface area contributed by atoms with Crippen molar-refractivity contribution in [3.05, 3.63) is 58.6 Å². The van der Waals surface area contributed by atoms with Crippen LogP contribution >= 0.6 is 11.6 Å². The Morgan fingerprint density at radius 3 is 2.56 bits per heavy atom. The third-order valence-corrected chi connectivity index (χ3v) is 8.00. The predicted molar refractivity (Wildman–Crippen MR) is 157 cm³/mol. The molecule has 3 amide bonds. The molecule has 1 aliphatic heterocycles. The summed E-state index contributed by atoms with van der Waals surface area (Å²) in [6.07, 6.45) is 0.304. The Bertz CT molecular complexity index is 1490. The summed E-state index contributed by atoms with van der Waals surface area (Å²) in [6, 6.07) is 13.6. The lowest BCUT2D eigenvalue weighted by Gasteiger charge is -2.36. The van der Waals surface area contributed by atoms with E-state index in [1.807, 2.05) is 56.5 Å². The molecule has 4 rings (SSSR count). The normalized spacial score (nSPS) is 16.2. The number of carbonyl (C=O) groups excluding carboxylic acids is 2. The number of imidazole rings is 1. The summed E-state index contributed by atoms with van der Waals surface area (Å²) in [7, 11) is 0. The van der Waals surface area contributed by atoms with Gasteiger partial charge in [-0.15, -0.1) is 0 Å². The number of hydrogen-bond acceptors (Lipinski definition) is 5. The second-order valence-electron chi connectivity index (χ2n) is 11.5. The van der Waals surface area contributed by atoms with Crippen LogP contribution in [0.5, 0.6) is 0 Å². The number of nitriles is 1. The van der Waals surface area contributed by atoms with Crippen LogP contribution in [0.1, 0.15) is 68.9 Å². The number of nitrogens with zero attached hydrogens (tertiary/aromatic N) is 5. The minimum Gasteiger partial charge on any atom is -0.465 e. The van der Waals surface area contributed by atoms with Gasteiger partial charge in [-0.05, 0) is 67.1 Å². The molecule has 2 aromatic carbocycles. The molecular weight excluding hydrogens is 544 g/mol. The summed E-state index contributed by atoms with van der Waals surface area (Å²) in [5.74, 6) is -0.255. The Labute approximate surface area is 244 Å². The smallest absolute Gasteiger partial charge is 0.407 e. The van der Waals surface area contributed by atoms with Crippen LogP contribution in [0.3, 0.4) is 0 Å². The van der Waals surface area contributed by atoms with Crippen molar-refractivity contribution < 1.29 is 19.5 Å². The zero-order chi connectivity index (χ0) is 29.9. The Kier molecular flexibility index (Phi) is 8.88. The standard InChI is InChI=1S/C30H35ClN6O4/c1-19(30(2,3)4)36(29(40)41)17-20-7-12-25-24(16-20)33-28(34-27(39)21-8-10-22(31)11-9-21)37(25)23-6-5-15-35(18-23)26(38)13-14-32/h7-12,16,19,23H,5-6,13,15,17-18H2,1-4H3,(H,40,41)(H,33,34,39). The van der Waals surface area contributed by atoms with Crippen LogP contribution in [-0.4, -0.2) is 61.5 Å². The van der Waals surface area contributed by atoms with Gasteiger partial charge in [0.1, 0.15) is 6.42 Å². The molecule has 2 unspecified atom stereocenters. The van der Waals surface area contributed by atoms with Crippen LogP contribution in [0.15, 0.2) is 42.5 Å². The monoisotopic (exact) mass is 578 g/mol. The average molecular weight is 579 g/mol. The molecule has 0 bridgehead atoms. The van der Waals surface area contributed by atoms with Crippen molar-refractivity contribution in [1.29, 1.82) is 5.26 Å². The van der Waals surface area contributed by atoms with E-state index in [-0.39, 0.29) is 42.3 Å². The molecule has 41 heavy (non-hydrogen) atoms. The van der Waals surface area contributed by atoms with Crippen molar-refractivity contribution in [3.63, 3.8) is 0 Å². The fourth-order valence-corrected chi connectivity index (χ4v) is 5.21. The third kappa shape index (κ3) is 6.80. The lowest BCUT2D eigenvalue weighted by Crippen LogP contribution is -2.44. The average Bonchev–Trinajstić information content (AvgIpc) is 3.28. The van der Waals surface area contributed by atoms with Crippen molar-refractivity contribution in [2.75, 3.05) is 18.4 Å². The molecule has 2 N–H and O–H groups in total. The molecule has 1 saturated heterocycles. The Hall–Kier alpha value is -4.10. The van der Waals surface area contributed by atoms with Gasteiger partial charge >= 0.3 is 6.09 Å². The number of fused-ring (bicyclic) bond motifs is 1. The first-order valence-corrected chi connectivity index (χ1v) is 14.0. The van der Waals surface area contributed by atoms with Gasteiger partial charge in [0, 0.05) is 36.3 Å². The first-order valence-electron chi connectivity index (χ1n) is 13.6. The minimum absolute atomic E-state index is 0.181. The molecule has 0 radical (unpaired) electrons. The maximum absolute atomic E-state index is 13.2. The van der Waals surface area contributed by atoms with Gasteiger partial charge in [0.2, 0.25) is 11.9 Å². The van der Waals surface area contributed by atoms with Crippen LogP contribution in [0.4, 0.5) is 10.7 Å². The highest BCUT2D eigenvalue weighted by atomic mass is 35.5. The van der Waals surface area contributed by atoms with Gasteiger partial charge in [-0.25, -0.2) is 9.78 Å². The zero-order valence-corrected chi connectivity index (χ0v) is 24.5. The lowest BCUT2D eigenvalue weighted by atomic mass is 9.87. The molecule has 0 spiro atoms. The number of aromatic nitrogens is 2. The first-order chi connectivity index (χ1) is 19.4. The Balaban J connectivity index is 1.72. The minimum atomic E-state index is -1.00. The number of nitrogens with one attached hydrogen (secondary N) is 1. The molecule has 0 aliphatic carbocycles. The molecule has 216 valence electrons. The number of benzene rings is 2. The van der Waals surface area contributed by atoms with Gasteiger partial charge in [-0.3, -0.25) is 14.9 Å². The van der Waals surface area contributed by atoms with Crippen molar-refractivity contribution in [3.8, 4) is 6.07 Å². The van der Waals surface area contributed by atoms with E-state index in [4.69, 9.17) is 21.8 Å². The fourth-order valence-electron chi connectivity index (χ4n) is 5.08. The molecule has 11 heteroatoms. The highest BCUT2D eigenvalue weighted by molar-refractivity contribution is 6.30. The SMILES string of the molecule is CC(N(Cc1ccc2c(c1)nc(NC(=O)c1ccc(Cl)cc1)n2C1CCCN(C(=O)CC#N)C1)C(=O)O)C(C)(C)C. The van der Waals surface area contributed by atoms with Crippen molar-refractivity contribution in [2.45, 2.75) is 65.6 Å². The zero-order valence-electron chi connectivity index (χ0n) is 23.7. The van der Waals surface area contributed by atoms with E-state index in [1.165, 1.54) is 4.90 Å². The van der Waals surface area contributed by atoms with Crippen LogP contribution in [-0.2, 0) is 11.3 Å². The molecule has 1 aliphatic rings. The number of carboxylic acid groups (broad SMARTS) is 1. The van der Waals surface area contributed by atoms with E-state index < -0.39 is 6.09 Å². The highest BCUT2D eigenvalue weighted by Crippen LogP contribution is 2.32. The summed E-state index contributed by atoms with van der Waals surface area (Å²) < 4.78 is 1.94. The molecule has 1 fully saturated rings. The number of piperidine rings is 1. The molecule has 0 saturated carbocycles. The van der Waals surface area contributed by atoms with E-state index >= 15 is 0 Å². The molecule has 2 atom stereocenters. The van der Waals surface area contributed by atoms with E-state index in [0.717, 1.165) is 23.9 Å². The van der Waals surface area contributed by atoms with Crippen LogP contribution in [0.2, 0.25) is 5.02 Å². The number of carbonyl (C=O) groups is 3. The van der Waals surface area contributed by atoms with Crippen LogP contribution in [0.25, 0.3) is 11.0 Å². The molecule has 2 heterocycles. The van der Waals surface area contributed by atoms with Gasteiger partial charge in [0.25, 0.3) is 5.91 Å². The Morgan fingerprint density at radius 1 is 1.22 bits per heavy atom. The van der Waals surface area contributed by atoms with Crippen LogP contribution < -0.4 is 5.32 Å². The maximum atomic E-state index is 13.2. The number of halogens is 1.